The first-order valence-corrected chi connectivity index (χ1v) is 13.9. The number of ether oxygens (including phenoxy) is 1. The van der Waals surface area contributed by atoms with Gasteiger partial charge in [0, 0.05) is 38.4 Å². The Hall–Kier alpha value is -3.17. The number of halogens is 6. The van der Waals surface area contributed by atoms with Crippen molar-refractivity contribution in [3.8, 4) is 0 Å². The summed E-state index contributed by atoms with van der Waals surface area (Å²) in [5, 5.41) is 30.9. The first-order chi connectivity index (χ1) is 20.3. The average Bonchev–Trinajstić information content (AvgIpc) is 3.69. The number of hydrogen-bond acceptors (Lipinski definition) is 6. The summed E-state index contributed by atoms with van der Waals surface area (Å²) >= 11 is 0. The van der Waals surface area contributed by atoms with Crippen molar-refractivity contribution in [1.82, 2.24) is 10.6 Å². The fourth-order valence-electron chi connectivity index (χ4n) is 4.38. The lowest BCUT2D eigenvalue weighted by Crippen LogP contribution is -2.45. The van der Waals surface area contributed by atoms with Gasteiger partial charge in [-0.3, -0.25) is 4.79 Å². The quantitative estimate of drug-likeness (QED) is 0.201. The van der Waals surface area contributed by atoms with E-state index in [2.05, 4.69) is 47.0 Å². The highest BCUT2D eigenvalue weighted by Gasteiger charge is 2.41. The van der Waals surface area contributed by atoms with Gasteiger partial charge in [0.2, 0.25) is 0 Å². The number of alkyl halides is 6. The molecule has 250 valence electrons. The topological polar surface area (TPSA) is 145 Å². The third-order valence-corrected chi connectivity index (χ3v) is 7.09. The third kappa shape index (κ3) is 15.0. The largest absolute Gasteiger partial charge is 0.490 e. The van der Waals surface area contributed by atoms with Crippen LogP contribution >= 0.6 is 0 Å². The first-order valence-electron chi connectivity index (χ1n) is 13.9. The lowest BCUT2D eigenvalue weighted by molar-refractivity contribution is -0.193. The molecule has 9 nitrogen and oxygen atoms in total. The Morgan fingerprint density at radius 2 is 1.34 bits per heavy atom. The van der Waals surface area contributed by atoms with Crippen molar-refractivity contribution in [2.24, 2.45) is 11.3 Å². The summed E-state index contributed by atoms with van der Waals surface area (Å²) in [4.78, 5) is 29.1. The van der Waals surface area contributed by atoms with Gasteiger partial charge in [-0.05, 0) is 63.9 Å². The maximum atomic E-state index is 11.3. The van der Waals surface area contributed by atoms with Crippen LogP contribution < -0.4 is 10.6 Å². The normalized spacial score (nSPS) is 22.1. The minimum absolute atomic E-state index is 0.437. The number of carbonyl (C=O) groups is 3. The van der Waals surface area contributed by atoms with Gasteiger partial charge >= 0.3 is 30.3 Å². The Bertz CT molecular complexity index is 1060. The van der Waals surface area contributed by atoms with Crippen molar-refractivity contribution in [1.29, 1.82) is 0 Å². The van der Waals surface area contributed by atoms with E-state index < -0.39 is 35.7 Å². The van der Waals surface area contributed by atoms with Gasteiger partial charge in [-0.15, -0.1) is 0 Å². The molecule has 44 heavy (non-hydrogen) atoms. The van der Waals surface area contributed by atoms with Gasteiger partial charge in [0.15, 0.2) is 0 Å². The van der Waals surface area contributed by atoms with Gasteiger partial charge in [-0.1, -0.05) is 42.0 Å². The van der Waals surface area contributed by atoms with E-state index in [0.29, 0.717) is 30.6 Å². The van der Waals surface area contributed by atoms with Crippen molar-refractivity contribution in [2.45, 2.75) is 82.9 Å². The molecule has 2 aliphatic rings. The van der Waals surface area contributed by atoms with E-state index in [1.165, 1.54) is 17.6 Å². The van der Waals surface area contributed by atoms with E-state index in [9.17, 15) is 36.2 Å². The van der Waals surface area contributed by atoms with Crippen LogP contribution in [0.3, 0.4) is 0 Å². The van der Waals surface area contributed by atoms with Crippen LogP contribution in [-0.4, -0.2) is 84.0 Å². The lowest BCUT2D eigenvalue weighted by atomic mass is 9.88. The van der Waals surface area contributed by atoms with Crippen LogP contribution in [0.2, 0.25) is 0 Å². The molecule has 5 N–H and O–H groups in total. The zero-order chi connectivity index (χ0) is 33.7. The highest BCUT2D eigenvalue weighted by atomic mass is 19.4. The standard InChI is InChI=1S/C25H38N2O3.2C2HF3O2/c1-25(2,24(28)29)17-26-20-9-11-21(12-10-20)27-23-16-22(23)19(13-14-30-3)15-18-7-5-4-6-8-18;2*3-2(4,5)1(6)7/h4-8,15,20-23,26-27H,9-14,16-17H2,1-3H3,(H,28,29);2*(H,6,7)/b19-15+;;/t20?,21?,22-,23+;;/m0../s1. The molecule has 2 atom stereocenters. The van der Waals surface area contributed by atoms with E-state index in [4.69, 9.17) is 24.5 Å². The van der Waals surface area contributed by atoms with E-state index in [1.54, 1.807) is 21.0 Å². The van der Waals surface area contributed by atoms with Crippen LogP contribution in [0.4, 0.5) is 26.3 Å². The van der Waals surface area contributed by atoms with Gasteiger partial charge in [-0.2, -0.15) is 26.3 Å². The van der Waals surface area contributed by atoms with Crippen LogP contribution in [0, 0.1) is 11.3 Å². The summed E-state index contributed by atoms with van der Waals surface area (Å²) in [6, 6.07) is 12.2. The Balaban J connectivity index is 0.000000574. The summed E-state index contributed by atoms with van der Waals surface area (Å²) in [5.74, 6) is -5.63. The Labute approximate surface area is 251 Å². The molecule has 0 amide bonds. The van der Waals surface area contributed by atoms with E-state index in [0.717, 1.165) is 38.7 Å². The number of aliphatic carboxylic acids is 3. The van der Waals surface area contributed by atoms with Gasteiger partial charge in [-0.25, -0.2) is 9.59 Å². The highest BCUT2D eigenvalue weighted by molar-refractivity contribution is 5.74. The second-order valence-corrected chi connectivity index (χ2v) is 11.2. The SMILES string of the molecule is COCC/C(=C\c1ccccc1)[C@@H]1C[C@H]1NC1CCC(NCC(C)(C)C(=O)O)CC1.O=C(O)C(F)(F)F.O=C(O)C(F)(F)F. The maximum absolute atomic E-state index is 11.3. The van der Waals surface area contributed by atoms with E-state index in [-0.39, 0.29) is 0 Å². The predicted molar refractivity (Wildman–Crippen MR) is 149 cm³/mol. The van der Waals surface area contributed by atoms with Gasteiger partial charge in [0.1, 0.15) is 0 Å². The molecule has 1 aromatic rings. The number of methoxy groups -OCH3 is 1. The summed E-state index contributed by atoms with van der Waals surface area (Å²) < 4.78 is 68.8. The van der Waals surface area contributed by atoms with Crippen LogP contribution in [0.15, 0.2) is 35.9 Å². The van der Waals surface area contributed by atoms with Crippen LogP contribution in [0.1, 0.15) is 57.9 Å². The van der Waals surface area contributed by atoms with Crippen LogP contribution in [-0.2, 0) is 19.1 Å². The number of nitrogens with one attached hydrogen (secondary N) is 2. The number of rotatable bonds is 11. The van der Waals surface area contributed by atoms with Crippen molar-refractivity contribution in [2.75, 3.05) is 20.3 Å². The third-order valence-electron chi connectivity index (χ3n) is 7.09. The molecule has 0 aliphatic heterocycles. The molecule has 2 aliphatic carbocycles. The average molecular weight is 643 g/mol. The molecular formula is C29H40F6N2O7. The maximum Gasteiger partial charge on any atom is 0.490 e. The molecule has 0 bridgehead atoms. The van der Waals surface area contributed by atoms with Gasteiger partial charge in [0.25, 0.3) is 0 Å². The molecule has 0 spiro atoms. The second-order valence-electron chi connectivity index (χ2n) is 11.2. The van der Waals surface area contributed by atoms with Crippen molar-refractivity contribution in [3.63, 3.8) is 0 Å². The Morgan fingerprint density at radius 1 is 0.864 bits per heavy atom. The summed E-state index contributed by atoms with van der Waals surface area (Å²) in [6.07, 6.45) is -1.08. The van der Waals surface area contributed by atoms with Crippen LogP contribution in [0.25, 0.3) is 6.08 Å². The van der Waals surface area contributed by atoms with E-state index >= 15 is 0 Å². The van der Waals surface area contributed by atoms with Gasteiger partial charge in [0.05, 0.1) is 5.41 Å². The highest BCUT2D eigenvalue weighted by Crippen LogP contribution is 2.41. The second kappa shape index (κ2) is 17.4. The van der Waals surface area contributed by atoms with Crippen molar-refractivity contribution < 1.29 is 60.8 Å². The molecule has 0 unspecified atom stereocenters. The first kappa shape index (κ1) is 38.9. The molecule has 0 heterocycles. The number of hydrogen-bond donors (Lipinski definition) is 5. The molecule has 0 radical (unpaired) electrons. The molecule has 0 saturated heterocycles. The lowest BCUT2D eigenvalue weighted by Gasteiger charge is -2.32. The number of benzene rings is 1. The van der Waals surface area contributed by atoms with Crippen molar-refractivity contribution >= 4 is 24.0 Å². The smallest absolute Gasteiger partial charge is 0.481 e. The molecule has 15 heteroatoms. The molecule has 2 saturated carbocycles. The zero-order valence-corrected chi connectivity index (χ0v) is 24.7. The monoisotopic (exact) mass is 642 g/mol. The summed E-state index contributed by atoms with van der Waals surface area (Å²) in [6.45, 7) is 4.87. The molecular weight excluding hydrogens is 602 g/mol. The zero-order valence-electron chi connectivity index (χ0n) is 24.7. The fraction of sp³-hybridized carbons (Fsp3) is 0.621. The minimum atomic E-state index is -5.08. The van der Waals surface area contributed by atoms with E-state index in [1.807, 2.05) is 0 Å². The fourth-order valence-corrected chi connectivity index (χ4v) is 4.38. The van der Waals surface area contributed by atoms with Gasteiger partial charge < -0.3 is 30.7 Å². The predicted octanol–water partition coefficient (Wildman–Crippen LogP) is 5.36. The molecule has 0 aromatic heterocycles. The Morgan fingerprint density at radius 3 is 1.77 bits per heavy atom. The molecule has 3 rings (SSSR count). The summed E-state index contributed by atoms with van der Waals surface area (Å²) in [7, 11) is 1.77. The Kier molecular flexibility index (Phi) is 15.3. The minimum Gasteiger partial charge on any atom is -0.481 e. The molecule has 2 fully saturated rings. The van der Waals surface area contributed by atoms with Crippen LogP contribution in [0.5, 0.6) is 0 Å². The molecule has 1 aromatic carbocycles. The number of carboxylic acids is 3. The van der Waals surface area contributed by atoms with Crippen molar-refractivity contribution in [3.05, 3.63) is 41.5 Å². The summed E-state index contributed by atoms with van der Waals surface area (Å²) in [5.41, 5.74) is 2.05. The number of carboxylic acid groups (broad SMARTS) is 3.